The van der Waals surface area contributed by atoms with Crippen molar-refractivity contribution in [2.24, 2.45) is 0 Å². The van der Waals surface area contributed by atoms with Crippen LogP contribution in [-0.2, 0) is 11.4 Å². The van der Waals surface area contributed by atoms with Gasteiger partial charge in [-0.3, -0.25) is 4.79 Å². The maximum Gasteiger partial charge on any atom is 0.233 e. The first-order chi connectivity index (χ1) is 16.9. The van der Waals surface area contributed by atoms with Crippen LogP contribution in [0.3, 0.4) is 0 Å². The lowest BCUT2D eigenvalue weighted by molar-refractivity contribution is -0.128. The maximum atomic E-state index is 13.1. The van der Waals surface area contributed by atoms with Gasteiger partial charge in [-0.1, -0.05) is 11.8 Å². The predicted molar refractivity (Wildman–Crippen MR) is 134 cm³/mol. The van der Waals surface area contributed by atoms with E-state index in [1.807, 2.05) is 47.6 Å². The fourth-order valence-electron chi connectivity index (χ4n) is 3.93. The zero-order chi connectivity index (χ0) is 24.8. The van der Waals surface area contributed by atoms with Crippen molar-refractivity contribution < 1.29 is 18.7 Å². The molecule has 0 aliphatic carbocycles. The fourth-order valence-corrected chi connectivity index (χ4v) is 4.92. The van der Waals surface area contributed by atoms with Crippen LogP contribution >= 0.6 is 11.8 Å². The first-order valence-corrected chi connectivity index (χ1v) is 12.5. The molecule has 4 rings (SSSR count). The third kappa shape index (κ3) is 6.25. The molecule has 1 saturated heterocycles. The number of ether oxygens (including phenoxy) is 2. The van der Waals surface area contributed by atoms with Crippen molar-refractivity contribution in [3.8, 4) is 11.5 Å². The SMILES string of the molecule is COc1ccc(N2CCN(C(=O)CSc3nnc(COc4ccc(F)cc4)n3C(C)C)CC2)cc1. The number of nitrogens with zero attached hydrogens (tertiary/aromatic N) is 5. The summed E-state index contributed by atoms with van der Waals surface area (Å²) in [4.78, 5) is 17.1. The van der Waals surface area contributed by atoms with Crippen molar-refractivity contribution in [1.82, 2.24) is 19.7 Å². The number of amides is 1. The van der Waals surface area contributed by atoms with E-state index >= 15 is 0 Å². The summed E-state index contributed by atoms with van der Waals surface area (Å²) in [5, 5.41) is 9.25. The minimum absolute atomic E-state index is 0.0896. The molecule has 3 aromatic rings. The summed E-state index contributed by atoms with van der Waals surface area (Å²) in [6.45, 7) is 7.21. The van der Waals surface area contributed by atoms with Crippen molar-refractivity contribution in [2.45, 2.75) is 31.7 Å². The molecule has 2 aromatic carbocycles. The Kier molecular flexibility index (Phi) is 8.12. The Bertz CT molecular complexity index is 1110. The van der Waals surface area contributed by atoms with Gasteiger partial charge in [0.25, 0.3) is 0 Å². The molecule has 2 heterocycles. The summed E-state index contributed by atoms with van der Waals surface area (Å²) in [6.07, 6.45) is 0. The van der Waals surface area contributed by atoms with Crippen LogP contribution in [0.15, 0.2) is 53.7 Å². The lowest BCUT2D eigenvalue weighted by atomic mass is 10.2. The third-order valence-corrected chi connectivity index (χ3v) is 6.76. The Balaban J connectivity index is 1.30. The zero-order valence-electron chi connectivity index (χ0n) is 20.2. The van der Waals surface area contributed by atoms with E-state index in [1.165, 1.54) is 23.9 Å². The molecule has 1 aliphatic rings. The van der Waals surface area contributed by atoms with E-state index in [0.717, 1.165) is 24.5 Å². The van der Waals surface area contributed by atoms with Gasteiger partial charge in [0.2, 0.25) is 5.91 Å². The number of anilines is 1. The Hall–Kier alpha value is -3.27. The smallest absolute Gasteiger partial charge is 0.233 e. The molecular weight excluding hydrogens is 469 g/mol. The van der Waals surface area contributed by atoms with Crippen molar-refractivity contribution in [1.29, 1.82) is 0 Å². The van der Waals surface area contributed by atoms with E-state index < -0.39 is 0 Å². The van der Waals surface area contributed by atoms with E-state index in [1.54, 1.807) is 19.2 Å². The van der Waals surface area contributed by atoms with Crippen LogP contribution in [-0.4, -0.2) is 64.6 Å². The van der Waals surface area contributed by atoms with Gasteiger partial charge in [-0.25, -0.2) is 4.39 Å². The second-order valence-corrected chi connectivity index (χ2v) is 9.40. The van der Waals surface area contributed by atoms with Crippen LogP contribution in [0.5, 0.6) is 11.5 Å². The first-order valence-electron chi connectivity index (χ1n) is 11.6. The van der Waals surface area contributed by atoms with Crippen LogP contribution in [0.1, 0.15) is 25.7 Å². The van der Waals surface area contributed by atoms with Gasteiger partial charge < -0.3 is 23.8 Å². The summed E-state index contributed by atoms with van der Waals surface area (Å²) in [5.41, 5.74) is 1.13. The minimum atomic E-state index is -0.312. The molecule has 1 fully saturated rings. The Morgan fingerprint density at radius 1 is 1.00 bits per heavy atom. The van der Waals surface area contributed by atoms with Gasteiger partial charge in [0, 0.05) is 37.9 Å². The van der Waals surface area contributed by atoms with E-state index in [9.17, 15) is 9.18 Å². The first kappa shape index (κ1) is 24.8. The standard InChI is InChI=1S/C25H30FN5O3S/c1-18(2)31-23(16-34-22-8-4-19(26)5-9-22)27-28-25(31)35-17-24(32)30-14-12-29(13-15-30)20-6-10-21(33-3)11-7-20/h4-11,18H,12-17H2,1-3H3. The monoisotopic (exact) mass is 499 g/mol. The molecule has 35 heavy (non-hydrogen) atoms. The molecular formula is C25H30FN5O3S. The molecule has 0 saturated carbocycles. The number of methoxy groups -OCH3 is 1. The molecule has 0 atom stereocenters. The molecule has 1 aromatic heterocycles. The van der Waals surface area contributed by atoms with Crippen molar-refractivity contribution in [2.75, 3.05) is 43.9 Å². The number of piperazine rings is 1. The number of aromatic nitrogens is 3. The van der Waals surface area contributed by atoms with E-state index in [2.05, 4.69) is 15.1 Å². The van der Waals surface area contributed by atoms with Gasteiger partial charge in [-0.05, 0) is 62.4 Å². The normalized spacial score (nSPS) is 13.9. The molecule has 1 amide bonds. The van der Waals surface area contributed by atoms with E-state index in [4.69, 9.17) is 9.47 Å². The van der Waals surface area contributed by atoms with Crippen LogP contribution in [0.2, 0.25) is 0 Å². The number of halogens is 1. The van der Waals surface area contributed by atoms with Crippen LogP contribution < -0.4 is 14.4 Å². The number of carbonyl (C=O) groups is 1. The predicted octanol–water partition coefficient (Wildman–Crippen LogP) is 4.03. The number of rotatable bonds is 9. The number of hydrogen-bond donors (Lipinski definition) is 0. The van der Waals surface area contributed by atoms with Crippen LogP contribution in [0.4, 0.5) is 10.1 Å². The van der Waals surface area contributed by atoms with Crippen LogP contribution in [0, 0.1) is 5.82 Å². The average Bonchev–Trinajstić information content (AvgIpc) is 3.30. The highest BCUT2D eigenvalue weighted by atomic mass is 32.2. The zero-order valence-corrected chi connectivity index (χ0v) is 21.0. The highest BCUT2D eigenvalue weighted by Gasteiger charge is 2.23. The summed E-state index contributed by atoms with van der Waals surface area (Å²) in [7, 11) is 1.66. The van der Waals surface area contributed by atoms with E-state index in [-0.39, 0.29) is 24.4 Å². The van der Waals surface area contributed by atoms with Crippen molar-refractivity contribution >= 4 is 23.4 Å². The highest BCUT2D eigenvalue weighted by Crippen LogP contribution is 2.24. The third-order valence-electron chi connectivity index (χ3n) is 5.83. The topological polar surface area (TPSA) is 72.7 Å². The molecule has 8 nitrogen and oxygen atoms in total. The van der Waals surface area contributed by atoms with Crippen molar-refractivity contribution in [3.05, 3.63) is 60.2 Å². The quantitative estimate of drug-likeness (QED) is 0.412. The molecule has 10 heteroatoms. The van der Waals surface area contributed by atoms with Crippen LogP contribution in [0.25, 0.3) is 0 Å². The minimum Gasteiger partial charge on any atom is -0.497 e. The number of carbonyl (C=O) groups excluding carboxylic acids is 1. The number of hydrogen-bond acceptors (Lipinski definition) is 7. The van der Waals surface area contributed by atoms with Gasteiger partial charge in [0.05, 0.1) is 12.9 Å². The van der Waals surface area contributed by atoms with Gasteiger partial charge in [0.15, 0.2) is 11.0 Å². The Morgan fingerprint density at radius 3 is 2.29 bits per heavy atom. The number of thioether (sulfide) groups is 1. The van der Waals surface area contributed by atoms with Gasteiger partial charge in [0.1, 0.15) is 23.9 Å². The second kappa shape index (κ2) is 11.4. The summed E-state index contributed by atoms with van der Waals surface area (Å²) in [5.74, 6) is 2.13. The van der Waals surface area contributed by atoms with Gasteiger partial charge in [-0.15, -0.1) is 10.2 Å². The molecule has 0 N–H and O–H groups in total. The van der Waals surface area contributed by atoms with Crippen molar-refractivity contribution in [3.63, 3.8) is 0 Å². The lowest BCUT2D eigenvalue weighted by Gasteiger charge is -2.36. The van der Waals surface area contributed by atoms with Gasteiger partial charge in [-0.2, -0.15) is 0 Å². The summed E-state index contributed by atoms with van der Waals surface area (Å²) >= 11 is 1.39. The molecule has 0 radical (unpaired) electrons. The average molecular weight is 500 g/mol. The largest absolute Gasteiger partial charge is 0.497 e. The van der Waals surface area contributed by atoms with E-state index in [0.29, 0.717) is 35.6 Å². The summed E-state index contributed by atoms with van der Waals surface area (Å²) in [6, 6.07) is 14.0. The summed E-state index contributed by atoms with van der Waals surface area (Å²) < 4.78 is 26.1. The molecule has 186 valence electrons. The maximum absolute atomic E-state index is 13.1. The lowest BCUT2D eigenvalue weighted by Crippen LogP contribution is -2.49. The van der Waals surface area contributed by atoms with Gasteiger partial charge >= 0.3 is 0 Å². The molecule has 0 bridgehead atoms. The Morgan fingerprint density at radius 2 is 1.66 bits per heavy atom. The fraction of sp³-hybridized carbons (Fsp3) is 0.400. The highest BCUT2D eigenvalue weighted by molar-refractivity contribution is 7.99. The molecule has 0 unspecified atom stereocenters. The number of benzene rings is 2. The second-order valence-electron chi connectivity index (χ2n) is 8.46. The Labute approximate surface area is 209 Å². The molecule has 1 aliphatic heterocycles. The molecule has 0 spiro atoms.